The maximum atomic E-state index is 13.4. The molecule has 308 valence electrons. The number of anilines is 2. The van der Waals surface area contributed by atoms with Gasteiger partial charge in [0.05, 0.1) is 57.5 Å². The molecule has 2 aliphatic rings. The van der Waals surface area contributed by atoms with Gasteiger partial charge in [0, 0.05) is 38.1 Å². The average molecular weight is 820 g/mol. The van der Waals surface area contributed by atoms with E-state index in [0.29, 0.717) is 17.4 Å². The molecule has 0 unspecified atom stereocenters. The second-order valence-corrected chi connectivity index (χ2v) is 19.7. The van der Waals surface area contributed by atoms with Crippen molar-refractivity contribution in [3.63, 3.8) is 0 Å². The number of piperazine rings is 1. The van der Waals surface area contributed by atoms with Crippen molar-refractivity contribution in [2.75, 3.05) is 50.5 Å². The maximum absolute atomic E-state index is 13.4. The minimum atomic E-state index is -3.84. The van der Waals surface area contributed by atoms with Gasteiger partial charge in [0.15, 0.2) is 19.7 Å². The van der Waals surface area contributed by atoms with Crippen LogP contribution in [0.4, 0.5) is 16.2 Å². The van der Waals surface area contributed by atoms with Crippen molar-refractivity contribution in [2.45, 2.75) is 95.2 Å². The quantitative estimate of drug-likeness (QED) is 0.192. The summed E-state index contributed by atoms with van der Waals surface area (Å²) in [6.45, 7) is 14.2. The van der Waals surface area contributed by atoms with E-state index in [1.807, 2.05) is 0 Å². The first-order valence-electron chi connectivity index (χ1n) is 18.2. The second-order valence-electron chi connectivity index (χ2n) is 15.7. The van der Waals surface area contributed by atoms with Gasteiger partial charge in [0.1, 0.15) is 17.5 Å². The summed E-state index contributed by atoms with van der Waals surface area (Å²) in [7, 11) is -5.02. The number of imidazole rings is 1. The third-order valence-electron chi connectivity index (χ3n) is 9.62. The van der Waals surface area contributed by atoms with Crippen molar-refractivity contribution in [1.29, 1.82) is 0 Å². The van der Waals surface area contributed by atoms with Crippen LogP contribution in [0.5, 0.6) is 0 Å². The van der Waals surface area contributed by atoms with Gasteiger partial charge in [-0.2, -0.15) is 0 Å². The molecule has 0 saturated carbocycles. The summed E-state index contributed by atoms with van der Waals surface area (Å²) in [5, 5.41) is 0. The molecule has 2 aliphatic heterocycles. The number of nitrogens with two attached hydrogens (primary N) is 1. The summed E-state index contributed by atoms with van der Waals surface area (Å²) in [5.74, 6) is -0.414. The largest absolute Gasteiger partial charge is 0.465 e. The first kappa shape index (κ1) is 44.0. The molecule has 2 aromatic carbocycles. The Labute approximate surface area is 328 Å². The number of rotatable bonds is 7. The molecule has 56 heavy (non-hydrogen) atoms. The molecule has 0 aliphatic carbocycles. The number of hydrogen-bond acceptors (Lipinski definition) is 13. The third kappa shape index (κ3) is 9.28. The Bertz CT molecular complexity index is 2260. The van der Waals surface area contributed by atoms with Gasteiger partial charge in [0.25, 0.3) is 0 Å². The van der Waals surface area contributed by atoms with Crippen LogP contribution in [0.15, 0.2) is 34.1 Å². The van der Waals surface area contributed by atoms with Crippen molar-refractivity contribution in [1.82, 2.24) is 14.5 Å². The number of ether oxygens (including phenoxy) is 3. The lowest BCUT2D eigenvalue weighted by molar-refractivity contribution is -0.127. The number of hydrogen-bond donors (Lipinski definition) is 1. The van der Waals surface area contributed by atoms with Crippen LogP contribution in [0, 0.1) is 11.8 Å². The Morgan fingerprint density at radius 1 is 0.839 bits per heavy atom. The van der Waals surface area contributed by atoms with Crippen LogP contribution in [-0.4, -0.2) is 107 Å². The zero-order chi connectivity index (χ0) is 42.2. The number of carbonyl (C=O) groups is 4. The summed E-state index contributed by atoms with van der Waals surface area (Å²) in [4.78, 5) is 57.4. The monoisotopic (exact) mass is 819 g/mol. The number of benzene rings is 2. The van der Waals surface area contributed by atoms with Crippen LogP contribution in [0.3, 0.4) is 0 Å². The van der Waals surface area contributed by atoms with E-state index in [4.69, 9.17) is 20.2 Å². The van der Waals surface area contributed by atoms with E-state index in [0.717, 1.165) is 50.3 Å². The number of esters is 2. The summed E-state index contributed by atoms with van der Waals surface area (Å²) in [6.07, 6.45) is 3.56. The zero-order valence-corrected chi connectivity index (χ0v) is 35.5. The number of aromatic nitrogens is 2. The number of nitrogens with zero attached hydrogens (tertiary/aromatic N) is 4. The molecule has 2 atom stereocenters. The van der Waals surface area contributed by atoms with Gasteiger partial charge in [-0.3, -0.25) is 9.69 Å². The van der Waals surface area contributed by atoms with Crippen molar-refractivity contribution >= 4 is 66.0 Å². The van der Waals surface area contributed by atoms with Crippen LogP contribution in [-0.2, 0) is 45.2 Å². The molecule has 0 radical (unpaired) electrons. The molecule has 1 saturated heterocycles. The Morgan fingerprint density at radius 2 is 1.39 bits per heavy atom. The van der Waals surface area contributed by atoms with Crippen LogP contribution in [0.25, 0.3) is 11.0 Å². The molecule has 16 nitrogen and oxygen atoms in total. The van der Waals surface area contributed by atoms with Crippen molar-refractivity contribution in [2.24, 2.45) is 11.8 Å². The fourth-order valence-corrected chi connectivity index (χ4v) is 8.79. The maximum Gasteiger partial charge on any atom is 0.411 e. The fourth-order valence-electron chi connectivity index (χ4n) is 7.05. The predicted molar refractivity (Wildman–Crippen MR) is 210 cm³/mol. The highest BCUT2D eigenvalue weighted by atomic mass is 32.2. The van der Waals surface area contributed by atoms with E-state index >= 15 is 0 Å². The highest BCUT2D eigenvalue weighted by molar-refractivity contribution is 7.91. The molecular formula is C38H53N5O11S2. The third-order valence-corrected chi connectivity index (χ3v) is 11.9. The molecule has 0 bridgehead atoms. The molecule has 5 rings (SSSR count). The Morgan fingerprint density at radius 3 is 1.89 bits per heavy atom. The molecule has 3 heterocycles. The van der Waals surface area contributed by atoms with Gasteiger partial charge in [0.2, 0.25) is 5.91 Å². The van der Waals surface area contributed by atoms with Crippen LogP contribution in [0.2, 0.25) is 0 Å². The van der Waals surface area contributed by atoms with E-state index < -0.39 is 55.3 Å². The van der Waals surface area contributed by atoms with Gasteiger partial charge in [-0.05, 0) is 69.7 Å². The number of methoxy groups -OCH3 is 2. The lowest BCUT2D eigenvalue weighted by Gasteiger charge is -2.42. The van der Waals surface area contributed by atoms with Gasteiger partial charge in [-0.15, -0.1) is 0 Å². The molecule has 18 heteroatoms. The van der Waals surface area contributed by atoms with E-state index in [9.17, 15) is 36.0 Å². The van der Waals surface area contributed by atoms with E-state index in [-0.39, 0.29) is 51.3 Å². The van der Waals surface area contributed by atoms with E-state index in [1.165, 1.54) is 29.0 Å². The van der Waals surface area contributed by atoms with E-state index in [2.05, 4.69) is 23.2 Å². The van der Waals surface area contributed by atoms with Gasteiger partial charge in [-0.25, -0.2) is 36.2 Å². The molecule has 3 aromatic rings. The fraction of sp³-hybridized carbons (Fsp3) is 0.553. The minimum Gasteiger partial charge on any atom is -0.465 e. The van der Waals surface area contributed by atoms with Crippen LogP contribution >= 0.6 is 0 Å². The van der Waals surface area contributed by atoms with Gasteiger partial charge in [-0.1, -0.05) is 27.7 Å². The zero-order valence-electron chi connectivity index (χ0n) is 33.8. The average Bonchev–Trinajstić information content (AvgIpc) is 3.46. The normalized spacial score (nSPS) is 17.7. The highest BCUT2D eigenvalue weighted by Crippen LogP contribution is 2.37. The first-order chi connectivity index (χ1) is 25.8. The number of carbonyl (C=O) groups excluding carboxylic acids is 4. The Balaban J connectivity index is 0.000000258. The molecule has 1 aromatic heterocycles. The highest BCUT2D eigenvalue weighted by Gasteiger charge is 2.42. The minimum absolute atomic E-state index is 0.00350. The second kappa shape index (κ2) is 16.4. The molecule has 1 fully saturated rings. The summed E-state index contributed by atoms with van der Waals surface area (Å²) in [5.41, 5.74) is 6.83. The predicted octanol–water partition coefficient (Wildman–Crippen LogP) is 4.83. The van der Waals surface area contributed by atoms with Crippen molar-refractivity contribution in [3.05, 3.63) is 41.2 Å². The SMILES string of the molecule is COC(=O)c1cc(N)c(N2CCN(C(=O)OC(C)(C)C)[C@H](C(C)C)C2=O)cc1S(C)(=O)=O.COC(=O)c1cc2nc3n(c2cc1S(C)(=O)=O)CCC[C@@H]3C(C)C. The molecular weight excluding hydrogens is 767 g/mol. The Hall–Kier alpha value is -4.71. The van der Waals surface area contributed by atoms with Crippen LogP contribution < -0.4 is 10.6 Å². The topological polar surface area (TPSA) is 215 Å². The summed E-state index contributed by atoms with van der Waals surface area (Å²) in [6, 6.07) is 4.67. The number of amides is 2. The number of sulfone groups is 2. The smallest absolute Gasteiger partial charge is 0.411 e. The van der Waals surface area contributed by atoms with Crippen molar-refractivity contribution < 1.29 is 50.2 Å². The van der Waals surface area contributed by atoms with Crippen LogP contribution in [0.1, 0.15) is 93.8 Å². The number of nitrogen functional groups attached to an aromatic ring is 1. The van der Waals surface area contributed by atoms with Gasteiger partial charge < -0.3 is 29.4 Å². The first-order valence-corrected chi connectivity index (χ1v) is 22.0. The summed E-state index contributed by atoms with van der Waals surface area (Å²) < 4.78 is 65.9. The summed E-state index contributed by atoms with van der Waals surface area (Å²) >= 11 is 0. The number of aryl methyl sites for hydroxylation is 1. The standard InChI is InChI=1S/C21H31N3O7S.C17H22N2O4S/c1-12(2)17-18(25)23(8-9-24(17)20(27)31-21(3,4)5)15-11-16(32(7,28)29)13(10-14(15)22)19(26)30-6;1-10(2)11-6-5-7-19-14-9-15(24(4,21)22)12(17(20)23-3)8-13(14)18-16(11)19/h10-12,17H,8-9,22H2,1-7H3;8-11H,5-7H2,1-4H3/t17-;11-/m11/s1. The lowest BCUT2D eigenvalue weighted by Crippen LogP contribution is -2.61. The molecule has 2 amide bonds. The van der Waals surface area contributed by atoms with E-state index in [1.54, 1.807) is 46.8 Å². The Kier molecular flexibility index (Phi) is 12.9. The molecule has 2 N–H and O–H groups in total. The molecule has 0 spiro atoms. The van der Waals surface area contributed by atoms with Crippen molar-refractivity contribution in [3.8, 4) is 0 Å². The lowest BCUT2D eigenvalue weighted by atomic mass is 9.88. The number of fused-ring (bicyclic) bond motifs is 3. The van der Waals surface area contributed by atoms with Gasteiger partial charge >= 0.3 is 18.0 Å².